The minimum atomic E-state index is -0.0148. The van der Waals surface area contributed by atoms with Gasteiger partial charge in [-0.25, -0.2) is 4.99 Å². The van der Waals surface area contributed by atoms with Gasteiger partial charge in [0.15, 0.2) is 5.96 Å². The van der Waals surface area contributed by atoms with E-state index >= 15 is 0 Å². The van der Waals surface area contributed by atoms with E-state index in [2.05, 4.69) is 15.6 Å². The fourth-order valence-electron chi connectivity index (χ4n) is 3.57. The van der Waals surface area contributed by atoms with Crippen LogP contribution in [0, 0.1) is 5.41 Å². The van der Waals surface area contributed by atoms with Crippen molar-refractivity contribution in [3.63, 3.8) is 0 Å². The van der Waals surface area contributed by atoms with Crippen LogP contribution in [0.4, 0.5) is 0 Å². The maximum atomic E-state index is 11.9. The molecule has 1 heterocycles. The van der Waals surface area contributed by atoms with E-state index in [1.807, 2.05) is 19.1 Å². The van der Waals surface area contributed by atoms with Gasteiger partial charge in [-0.15, -0.1) is 0 Å². The van der Waals surface area contributed by atoms with Crippen molar-refractivity contribution < 1.29 is 13.9 Å². The molecule has 0 saturated heterocycles. The highest BCUT2D eigenvalue weighted by Crippen LogP contribution is 2.40. The van der Waals surface area contributed by atoms with Gasteiger partial charge in [0.2, 0.25) is 5.91 Å². The van der Waals surface area contributed by atoms with Crippen LogP contribution in [-0.4, -0.2) is 63.7 Å². The number of hydrogen-bond donors (Lipinski definition) is 2. The van der Waals surface area contributed by atoms with Crippen molar-refractivity contribution in [1.82, 2.24) is 15.5 Å². The summed E-state index contributed by atoms with van der Waals surface area (Å²) in [5.41, 5.74) is 0.254. The predicted octanol–water partition coefficient (Wildman–Crippen LogP) is 2.43. The molecule has 2 N–H and O–H groups in total. The zero-order chi connectivity index (χ0) is 20.2. The number of nitrogens with zero attached hydrogens (tertiary/aromatic N) is 2. The lowest BCUT2D eigenvalue weighted by atomic mass is 9.83. The highest BCUT2D eigenvalue weighted by atomic mass is 16.5. The Morgan fingerprint density at radius 1 is 1.32 bits per heavy atom. The van der Waals surface area contributed by atoms with E-state index in [4.69, 9.17) is 9.15 Å². The first kappa shape index (κ1) is 22.3. The van der Waals surface area contributed by atoms with E-state index in [1.165, 1.54) is 25.7 Å². The Balaban J connectivity index is 1.92. The fourth-order valence-corrected chi connectivity index (χ4v) is 3.57. The molecule has 2 rings (SSSR count). The Hall–Kier alpha value is -2.02. The summed E-state index contributed by atoms with van der Waals surface area (Å²) in [4.78, 5) is 18.0. The van der Waals surface area contributed by atoms with Crippen LogP contribution in [0.2, 0.25) is 0 Å². The molecule has 1 aromatic heterocycles. The van der Waals surface area contributed by atoms with Gasteiger partial charge in [0.1, 0.15) is 12.3 Å². The fraction of sp³-hybridized carbons (Fsp3) is 0.714. The second-order valence-electron chi connectivity index (χ2n) is 7.72. The zero-order valence-corrected chi connectivity index (χ0v) is 17.6. The molecular weight excluding hydrogens is 356 g/mol. The van der Waals surface area contributed by atoms with E-state index in [1.54, 1.807) is 25.3 Å². The van der Waals surface area contributed by atoms with E-state index in [9.17, 15) is 4.79 Å². The number of ether oxygens (including phenoxy) is 1. The highest BCUT2D eigenvalue weighted by Gasteiger charge is 2.33. The van der Waals surface area contributed by atoms with Gasteiger partial charge >= 0.3 is 0 Å². The molecule has 28 heavy (non-hydrogen) atoms. The van der Waals surface area contributed by atoms with Crippen molar-refractivity contribution in [2.24, 2.45) is 10.4 Å². The van der Waals surface area contributed by atoms with Crippen molar-refractivity contribution in [1.29, 1.82) is 0 Å². The molecule has 1 aliphatic rings. The Morgan fingerprint density at radius 3 is 2.75 bits per heavy atom. The minimum Gasteiger partial charge on any atom is -0.469 e. The summed E-state index contributed by atoms with van der Waals surface area (Å²) >= 11 is 0. The molecule has 1 amide bonds. The van der Waals surface area contributed by atoms with Gasteiger partial charge in [-0.05, 0) is 43.7 Å². The summed E-state index contributed by atoms with van der Waals surface area (Å²) in [7, 11) is 3.49. The number of amides is 1. The number of hydrogen-bond acceptors (Lipinski definition) is 4. The van der Waals surface area contributed by atoms with Gasteiger partial charge in [0, 0.05) is 46.8 Å². The van der Waals surface area contributed by atoms with Gasteiger partial charge in [0.25, 0.3) is 0 Å². The van der Waals surface area contributed by atoms with E-state index in [0.29, 0.717) is 12.5 Å². The zero-order valence-electron chi connectivity index (χ0n) is 17.6. The molecule has 1 saturated carbocycles. The Labute approximate surface area is 168 Å². The van der Waals surface area contributed by atoms with Crippen LogP contribution in [0.3, 0.4) is 0 Å². The molecule has 0 spiro atoms. The largest absolute Gasteiger partial charge is 0.469 e. The Morgan fingerprint density at radius 2 is 2.11 bits per heavy atom. The SMILES string of the molecule is CCOCCC1(CNC(=NCC(=O)N(C)C)NCCc2ccco2)CCCC1. The summed E-state index contributed by atoms with van der Waals surface area (Å²) in [6, 6.07) is 3.85. The van der Waals surface area contributed by atoms with E-state index in [-0.39, 0.29) is 17.9 Å². The van der Waals surface area contributed by atoms with Gasteiger partial charge in [-0.3, -0.25) is 4.79 Å². The number of rotatable bonds is 11. The molecule has 158 valence electrons. The monoisotopic (exact) mass is 392 g/mol. The van der Waals surface area contributed by atoms with Crippen LogP contribution < -0.4 is 10.6 Å². The van der Waals surface area contributed by atoms with Crippen molar-refractivity contribution in [3.8, 4) is 0 Å². The van der Waals surface area contributed by atoms with Crippen LogP contribution >= 0.6 is 0 Å². The Bertz CT molecular complexity index is 593. The molecule has 1 aromatic rings. The van der Waals surface area contributed by atoms with Gasteiger partial charge in [0.05, 0.1) is 6.26 Å². The number of likely N-dealkylation sites (N-methyl/N-ethyl adjacent to an activating group) is 1. The average Bonchev–Trinajstić information content (AvgIpc) is 3.36. The first-order valence-electron chi connectivity index (χ1n) is 10.4. The van der Waals surface area contributed by atoms with Crippen molar-refractivity contribution in [2.75, 3.05) is 46.9 Å². The van der Waals surface area contributed by atoms with Crippen molar-refractivity contribution >= 4 is 11.9 Å². The standard InChI is InChI=1S/C21H36N4O3/c1-4-27-15-12-21(10-5-6-11-21)17-24-20(23-16-19(26)25(2)3)22-13-9-18-8-7-14-28-18/h7-8,14H,4-6,9-13,15-17H2,1-3H3,(H2,22,23,24). The van der Waals surface area contributed by atoms with Crippen LogP contribution in [0.15, 0.2) is 27.8 Å². The molecule has 0 atom stereocenters. The average molecular weight is 393 g/mol. The van der Waals surface area contributed by atoms with E-state index < -0.39 is 0 Å². The molecule has 0 aromatic carbocycles. The first-order valence-corrected chi connectivity index (χ1v) is 10.4. The third kappa shape index (κ3) is 7.54. The van der Waals surface area contributed by atoms with Gasteiger partial charge in [-0.2, -0.15) is 0 Å². The molecule has 7 nitrogen and oxygen atoms in total. The molecular formula is C21H36N4O3. The topological polar surface area (TPSA) is 79.1 Å². The summed E-state index contributed by atoms with van der Waals surface area (Å²) in [6.07, 6.45) is 8.47. The normalized spacial score (nSPS) is 16.2. The number of aliphatic imine (C=N–C) groups is 1. The lowest BCUT2D eigenvalue weighted by Crippen LogP contribution is -2.44. The van der Waals surface area contributed by atoms with Gasteiger partial charge in [-0.1, -0.05) is 12.8 Å². The summed E-state index contributed by atoms with van der Waals surface area (Å²) < 4.78 is 11.0. The molecule has 1 fully saturated rings. The van der Waals surface area contributed by atoms with Gasteiger partial charge < -0.3 is 24.7 Å². The molecule has 0 aliphatic heterocycles. The maximum Gasteiger partial charge on any atom is 0.243 e. The van der Waals surface area contributed by atoms with Crippen molar-refractivity contribution in [3.05, 3.63) is 24.2 Å². The predicted molar refractivity (Wildman–Crippen MR) is 111 cm³/mol. The maximum absolute atomic E-state index is 11.9. The van der Waals surface area contributed by atoms with Crippen LogP contribution in [-0.2, 0) is 16.0 Å². The smallest absolute Gasteiger partial charge is 0.243 e. The summed E-state index contributed by atoms with van der Waals surface area (Å²) in [5.74, 6) is 1.60. The number of carbonyl (C=O) groups is 1. The minimum absolute atomic E-state index is 0.0148. The number of guanidine groups is 1. The lowest BCUT2D eigenvalue weighted by Gasteiger charge is -2.30. The number of nitrogens with one attached hydrogen (secondary N) is 2. The molecule has 0 bridgehead atoms. The number of carbonyl (C=O) groups excluding carboxylic acids is 1. The highest BCUT2D eigenvalue weighted by molar-refractivity contribution is 5.84. The second kappa shape index (κ2) is 11.7. The second-order valence-corrected chi connectivity index (χ2v) is 7.72. The summed E-state index contributed by atoms with van der Waals surface area (Å²) in [5, 5.41) is 6.82. The molecule has 0 unspecified atom stereocenters. The molecule has 1 aliphatic carbocycles. The molecule has 0 radical (unpaired) electrons. The van der Waals surface area contributed by atoms with Crippen LogP contribution in [0.25, 0.3) is 0 Å². The number of furan rings is 1. The first-order chi connectivity index (χ1) is 13.5. The quantitative estimate of drug-likeness (QED) is 0.344. The summed E-state index contributed by atoms with van der Waals surface area (Å²) in [6.45, 7) is 5.28. The van der Waals surface area contributed by atoms with Crippen molar-refractivity contribution in [2.45, 2.75) is 45.4 Å². The lowest BCUT2D eigenvalue weighted by molar-refractivity contribution is -0.127. The third-order valence-electron chi connectivity index (χ3n) is 5.39. The van der Waals surface area contributed by atoms with Crippen LogP contribution in [0.1, 0.15) is 44.8 Å². The molecule has 7 heteroatoms. The van der Waals surface area contributed by atoms with Crippen LogP contribution in [0.5, 0.6) is 0 Å². The van der Waals surface area contributed by atoms with E-state index in [0.717, 1.165) is 38.4 Å². The Kier molecular flexibility index (Phi) is 9.34. The third-order valence-corrected chi connectivity index (χ3v) is 5.39.